The van der Waals surface area contributed by atoms with Gasteiger partial charge in [0.25, 0.3) is 0 Å². The van der Waals surface area contributed by atoms with Crippen molar-refractivity contribution in [2.75, 3.05) is 13.6 Å². The maximum atomic E-state index is 7.53. The average Bonchev–Trinajstić information content (AvgIpc) is 2.11. The molecular weight excluding hydrogens is 198 g/mol. The van der Waals surface area contributed by atoms with Gasteiger partial charge in [-0.25, -0.2) is 0 Å². The van der Waals surface area contributed by atoms with Crippen LogP contribution in [0.5, 0.6) is 0 Å². The van der Waals surface area contributed by atoms with Gasteiger partial charge >= 0.3 is 0 Å². The molecule has 0 saturated heterocycles. The van der Waals surface area contributed by atoms with Crippen molar-refractivity contribution in [1.29, 1.82) is 5.41 Å². The summed E-state index contributed by atoms with van der Waals surface area (Å²) in [6, 6.07) is 0.523. The lowest BCUT2D eigenvalue weighted by molar-refractivity contribution is 0.131. The molecule has 16 heavy (non-hydrogen) atoms. The Labute approximate surface area is 101 Å². The third-order valence-electron chi connectivity index (χ3n) is 3.73. The summed E-state index contributed by atoms with van der Waals surface area (Å²) in [5, 5.41) is 7.53. The molecule has 0 aromatic carbocycles. The molecule has 0 heterocycles. The molecule has 0 spiro atoms. The van der Waals surface area contributed by atoms with Crippen LogP contribution in [0.4, 0.5) is 0 Å². The van der Waals surface area contributed by atoms with E-state index in [1.54, 1.807) is 0 Å². The molecule has 3 heteroatoms. The molecule has 0 aliphatic rings. The summed E-state index contributed by atoms with van der Waals surface area (Å²) < 4.78 is 0. The van der Waals surface area contributed by atoms with Crippen molar-refractivity contribution in [1.82, 2.24) is 4.90 Å². The van der Waals surface area contributed by atoms with Crippen molar-refractivity contribution in [3.05, 3.63) is 0 Å². The Morgan fingerprint density at radius 3 is 2.00 bits per heavy atom. The van der Waals surface area contributed by atoms with E-state index in [1.165, 1.54) is 0 Å². The minimum atomic E-state index is -0.189. The average molecular weight is 227 g/mol. The summed E-state index contributed by atoms with van der Waals surface area (Å²) in [4.78, 5) is 2.35. The van der Waals surface area contributed by atoms with E-state index in [-0.39, 0.29) is 16.7 Å². The smallest absolute Gasteiger partial charge is 0.0963 e. The first kappa shape index (κ1) is 15.4. The summed E-state index contributed by atoms with van der Waals surface area (Å²) in [6.07, 6.45) is 0.930. The molecule has 96 valence electrons. The summed E-state index contributed by atoms with van der Waals surface area (Å²) in [6.45, 7) is 14.1. The van der Waals surface area contributed by atoms with Crippen LogP contribution < -0.4 is 5.73 Å². The highest BCUT2D eigenvalue weighted by Gasteiger charge is 2.27. The molecule has 3 nitrogen and oxygen atoms in total. The fourth-order valence-electron chi connectivity index (χ4n) is 1.45. The monoisotopic (exact) mass is 227 g/mol. The van der Waals surface area contributed by atoms with Crippen molar-refractivity contribution in [3.63, 3.8) is 0 Å². The van der Waals surface area contributed by atoms with Gasteiger partial charge in [0, 0.05) is 11.5 Å². The van der Waals surface area contributed by atoms with Crippen LogP contribution in [0.2, 0.25) is 0 Å². The van der Waals surface area contributed by atoms with E-state index in [1.807, 2.05) is 13.8 Å². The second-order valence-corrected chi connectivity index (χ2v) is 6.57. The zero-order chi connectivity index (χ0) is 13.1. The van der Waals surface area contributed by atoms with E-state index in [0.29, 0.717) is 6.04 Å². The van der Waals surface area contributed by atoms with E-state index in [2.05, 4.69) is 39.6 Å². The van der Waals surface area contributed by atoms with Crippen LogP contribution in [-0.2, 0) is 0 Å². The van der Waals surface area contributed by atoms with Crippen LogP contribution in [0.3, 0.4) is 0 Å². The Hall–Kier alpha value is -0.570. The molecular formula is C13H29N3. The number of nitrogens with zero attached hydrogens (tertiary/aromatic N) is 1. The second kappa shape index (κ2) is 5.17. The van der Waals surface area contributed by atoms with Gasteiger partial charge in [-0.05, 0) is 32.4 Å². The Morgan fingerprint density at radius 1 is 1.25 bits per heavy atom. The van der Waals surface area contributed by atoms with Gasteiger partial charge in [-0.3, -0.25) is 5.41 Å². The van der Waals surface area contributed by atoms with Crippen molar-refractivity contribution >= 4 is 5.84 Å². The highest BCUT2D eigenvalue weighted by atomic mass is 15.1. The largest absolute Gasteiger partial charge is 0.387 e. The van der Waals surface area contributed by atoms with E-state index < -0.39 is 0 Å². The fourth-order valence-corrected chi connectivity index (χ4v) is 1.45. The highest BCUT2D eigenvalue weighted by molar-refractivity contribution is 5.82. The van der Waals surface area contributed by atoms with Gasteiger partial charge in [-0.1, -0.05) is 34.6 Å². The molecule has 0 radical (unpaired) electrons. The lowest BCUT2D eigenvalue weighted by Crippen LogP contribution is -2.42. The molecule has 0 aliphatic carbocycles. The fraction of sp³-hybridized carbons (Fsp3) is 0.923. The van der Waals surface area contributed by atoms with E-state index in [0.717, 1.165) is 13.0 Å². The molecule has 0 aromatic heterocycles. The van der Waals surface area contributed by atoms with E-state index >= 15 is 0 Å². The summed E-state index contributed by atoms with van der Waals surface area (Å²) in [5.74, 6) is 0.282. The molecule has 0 rings (SSSR count). The first-order chi connectivity index (χ1) is 6.98. The van der Waals surface area contributed by atoms with Gasteiger partial charge in [0.1, 0.15) is 0 Å². The minimum Gasteiger partial charge on any atom is -0.387 e. The molecule has 0 fully saturated rings. The zero-order valence-corrected chi connectivity index (χ0v) is 12.0. The molecule has 1 unspecified atom stereocenters. The topological polar surface area (TPSA) is 53.1 Å². The Kier molecular flexibility index (Phi) is 4.99. The number of hydrogen-bond acceptors (Lipinski definition) is 2. The number of nitrogens with two attached hydrogens (primary N) is 1. The summed E-state index contributed by atoms with van der Waals surface area (Å²) in [7, 11) is 2.14. The Morgan fingerprint density at radius 2 is 1.69 bits per heavy atom. The Balaban J connectivity index is 4.28. The molecule has 0 amide bonds. The van der Waals surface area contributed by atoms with Crippen LogP contribution in [0.25, 0.3) is 0 Å². The third kappa shape index (κ3) is 4.52. The van der Waals surface area contributed by atoms with Gasteiger partial charge in [0.2, 0.25) is 0 Å². The third-order valence-corrected chi connectivity index (χ3v) is 3.73. The van der Waals surface area contributed by atoms with Crippen LogP contribution in [0.15, 0.2) is 0 Å². The normalized spacial score (nSPS) is 15.2. The van der Waals surface area contributed by atoms with Crippen LogP contribution >= 0.6 is 0 Å². The molecule has 0 aromatic rings. The first-order valence-corrected chi connectivity index (χ1v) is 6.03. The minimum absolute atomic E-state index is 0.189. The van der Waals surface area contributed by atoms with Crippen molar-refractivity contribution in [3.8, 4) is 0 Å². The summed E-state index contributed by atoms with van der Waals surface area (Å²) in [5.41, 5.74) is 5.68. The predicted molar refractivity (Wildman–Crippen MR) is 71.9 cm³/mol. The van der Waals surface area contributed by atoms with E-state index in [9.17, 15) is 0 Å². The number of hydrogen-bond donors (Lipinski definition) is 2. The van der Waals surface area contributed by atoms with Crippen molar-refractivity contribution in [2.24, 2.45) is 16.6 Å². The van der Waals surface area contributed by atoms with Gasteiger partial charge in [0.05, 0.1) is 5.84 Å². The molecule has 3 N–H and O–H groups in total. The summed E-state index contributed by atoms with van der Waals surface area (Å²) >= 11 is 0. The van der Waals surface area contributed by atoms with Gasteiger partial charge in [-0.2, -0.15) is 0 Å². The lowest BCUT2D eigenvalue weighted by Gasteiger charge is -2.37. The van der Waals surface area contributed by atoms with Crippen molar-refractivity contribution < 1.29 is 0 Å². The van der Waals surface area contributed by atoms with Crippen LogP contribution in [-0.4, -0.2) is 30.4 Å². The SMILES string of the molecule is CC(N(C)CCC(C)(C)C(=N)N)C(C)(C)C. The number of amidine groups is 1. The standard InChI is InChI=1S/C13H29N3/c1-10(12(2,3)4)16(7)9-8-13(5,6)11(14)15/h10H,8-9H2,1-7H3,(H3,14,15). The molecule has 0 aliphatic heterocycles. The quantitative estimate of drug-likeness (QED) is 0.560. The van der Waals surface area contributed by atoms with Crippen LogP contribution in [0, 0.1) is 16.2 Å². The Bertz CT molecular complexity index is 238. The maximum absolute atomic E-state index is 7.53. The lowest BCUT2D eigenvalue weighted by atomic mass is 9.85. The number of rotatable bonds is 5. The first-order valence-electron chi connectivity index (χ1n) is 6.03. The maximum Gasteiger partial charge on any atom is 0.0963 e. The van der Waals surface area contributed by atoms with Gasteiger partial charge < -0.3 is 10.6 Å². The molecule has 1 atom stereocenters. The van der Waals surface area contributed by atoms with E-state index in [4.69, 9.17) is 11.1 Å². The van der Waals surface area contributed by atoms with Crippen LogP contribution in [0.1, 0.15) is 48.0 Å². The van der Waals surface area contributed by atoms with Crippen molar-refractivity contribution in [2.45, 2.75) is 54.0 Å². The molecule has 0 bridgehead atoms. The van der Waals surface area contributed by atoms with Gasteiger partial charge in [0.15, 0.2) is 0 Å². The second-order valence-electron chi connectivity index (χ2n) is 6.57. The number of nitrogens with one attached hydrogen (secondary N) is 1. The highest BCUT2D eigenvalue weighted by Crippen LogP contribution is 2.25. The van der Waals surface area contributed by atoms with Gasteiger partial charge in [-0.15, -0.1) is 0 Å². The zero-order valence-electron chi connectivity index (χ0n) is 12.0. The predicted octanol–water partition coefficient (Wildman–Crippen LogP) is 2.71. The molecule has 0 saturated carbocycles.